The number of methoxy groups -OCH3 is 2. The molecule has 0 heterocycles. The quantitative estimate of drug-likeness (QED) is 0.637. The molecule has 0 amide bonds. The summed E-state index contributed by atoms with van der Waals surface area (Å²) in [6, 6.07) is 10.7. The number of hydrogen-bond acceptors (Lipinski definition) is 2. The highest BCUT2D eigenvalue weighted by Gasteiger charge is 2.24. The first-order chi connectivity index (χ1) is 5.73. The van der Waals surface area contributed by atoms with Crippen LogP contribution in [0, 0.1) is 6.07 Å². The summed E-state index contributed by atoms with van der Waals surface area (Å²) >= 11 is 0. The van der Waals surface area contributed by atoms with E-state index in [4.69, 9.17) is 9.47 Å². The highest BCUT2D eigenvalue weighted by Crippen LogP contribution is 2.23. The van der Waals surface area contributed by atoms with Gasteiger partial charge in [-0.25, -0.2) is 0 Å². The van der Waals surface area contributed by atoms with Gasteiger partial charge in [0.1, 0.15) is 0 Å². The molecule has 2 heteroatoms. The molecule has 0 saturated heterocycles. The Hall–Kier alpha value is -0.860. The van der Waals surface area contributed by atoms with Gasteiger partial charge < -0.3 is 9.47 Å². The molecule has 0 spiro atoms. The summed E-state index contributed by atoms with van der Waals surface area (Å²) in [6.45, 7) is 1.86. The van der Waals surface area contributed by atoms with Crippen molar-refractivity contribution >= 4 is 0 Å². The molecular weight excluding hydrogens is 152 g/mol. The molecule has 0 saturated carbocycles. The predicted molar refractivity (Wildman–Crippen MR) is 46.6 cm³/mol. The first-order valence-electron chi connectivity index (χ1n) is 3.80. The average Bonchev–Trinajstić information content (AvgIpc) is 2.18. The van der Waals surface area contributed by atoms with E-state index < -0.39 is 5.79 Å². The molecule has 0 aliphatic rings. The van der Waals surface area contributed by atoms with Gasteiger partial charge in [-0.1, -0.05) is 24.3 Å². The van der Waals surface area contributed by atoms with Gasteiger partial charge in [-0.05, 0) is 13.0 Å². The molecule has 65 valence electrons. The molecule has 0 atom stereocenters. The molecule has 0 N–H and O–H groups in total. The lowest BCUT2D eigenvalue weighted by Gasteiger charge is -2.26. The molecule has 0 aliphatic carbocycles. The zero-order valence-corrected chi connectivity index (χ0v) is 7.63. The molecule has 0 unspecified atom stereocenters. The van der Waals surface area contributed by atoms with Gasteiger partial charge in [-0.15, -0.1) is 0 Å². The third-order valence-corrected chi connectivity index (χ3v) is 1.98. The van der Waals surface area contributed by atoms with E-state index in [0.717, 1.165) is 5.56 Å². The van der Waals surface area contributed by atoms with E-state index in [9.17, 15) is 0 Å². The van der Waals surface area contributed by atoms with Crippen LogP contribution in [0.2, 0.25) is 0 Å². The summed E-state index contributed by atoms with van der Waals surface area (Å²) in [4.78, 5) is 0. The first-order valence-corrected chi connectivity index (χ1v) is 3.80. The lowest BCUT2D eigenvalue weighted by molar-refractivity contribution is -0.202. The number of ether oxygens (including phenoxy) is 2. The van der Waals surface area contributed by atoms with Crippen molar-refractivity contribution in [2.45, 2.75) is 12.7 Å². The van der Waals surface area contributed by atoms with Crippen LogP contribution in [0.5, 0.6) is 0 Å². The van der Waals surface area contributed by atoms with Crippen LogP contribution in [0.4, 0.5) is 0 Å². The lowest BCUT2D eigenvalue weighted by atomic mass is 10.1. The van der Waals surface area contributed by atoms with Gasteiger partial charge in [-0.3, -0.25) is 0 Å². The van der Waals surface area contributed by atoms with Gasteiger partial charge in [0.15, 0.2) is 5.79 Å². The Morgan fingerprint density at radius 2 is 1.92 bits per heavy atom. The van der Waals surface area contributed by atoms with Crippen molar-refractivity contribution in [1.82, 2.24) is 0 Å². The highest BCUT2D eigenvalue weighted by molar-refractivity contribution is 5.17. The second kappa shape index (κ2) is 3.70. The van der Waals surface area contributed by atoms with Crippen molar-refractivity contribution in [2.24, 2.45) is 0 Å². The second-order valence-corrected chi connectivity index (χ2v) is 2.63. The van der Waals surface area contributed by atoms with Gasteiger partial charge in [0.05, 0.1) is 0 Å². The molecule has 0 bridgehead atoms. The van der Waals surface area contributed by atoms with Gasteiger partial charge >= 0.3 is 0 Å². The summed E-state index contributed by atoms with van der Waals surface area (Å²) in [7, 11) is 3.23. The normalized spacial score (nSPS) is 11.6. The Bertz CT molecular complexity index is 227. The number of hydrogen-bond donors (Lipinski definition) is 0. The molecule has 12 heavy (non-hydrogen) atoms. The van der Waals surface area contributed by atoms with E-state index >= 15 is 0 Å². The molecule has 0 fully saturated rings. The maximum Gasteiger partial charge on any atom is 0.191 e. The van der Waals surface area contributed by atoms with E-state index in [1.54, 1.807) is 14.2 Å². The van der Waals surface area contributed by atoms with Crippen molar-refractivity contribution in [3.63, 3.8) is 0 Å². The molecule has 1 radical (unpaired) electrons. The summed E-state index contributed by atoms with van der Waals surface area (Å²) < 4.78 is 10.4. The lowest BCUT2D eigenvalue weighted by Crippen LogP contribution is -2.26. The molecule has 1 aromatic carbocycles. The Balaban J connectivity index is 2.95. The minimum absolute atomic E-state index is 0.679. The van der Waals surface area contributed by atoms with Gasteiger partial charge in [-0.2, -0.15) is 0 Å². The first kappa shape index (κ1) is 9.23. The average molecular weight is 165 g/mol. The molecule has 1 rings (SSSR count). The number of rotatable bonds is 3. The van der Waals surface area contributed by atoms with Crippen LogP contribution in [-0.2, 0) is 15.3 Å². The van der Waals surface area contributed by atoms with Crippen molar-refractivity contribution < 1.29 is 9.47 Å². The topological polar surface area (TPSA) is 18.5 Å². The summed E-state index contributed by atoms with van der Waals surface area (Å²) in [6.07, 6.45) is 0. The zero-order valence-electron chi connectivity index (χ0n) is 7.63. The van der Waals surface area contributed by atoms with E-state index in [1.165, 1.54) is 0 Å². The van der Waals surface area contributed by atoms with Crippen molar-refractivity contribution in [3.8, 4) is 0 Å². The summed E-state index contributed by atoms with van der Waals surface area (Å²) in [5, 5.41) is 0. The minimum atomic E-state index is -0.679. The monoisotopic (exact) mass is 165 g/mol. The van der Waals surface area contributed by atoms with Crippen molar-refractivity contribution in [1.29, 1.82) is 0 Å². The molecule has 0 aromatic heterocycles. The second-order valence-electron chi connectivity index (χ2n) is 2.63. The third kappa shape index (κ3) is 1.65. The molecular formula is C10H13O2. The zero-order chi connectivity index (χ0) is 9.03. The maximum atomic E-state index is 5.22. The minimum Gasteiger partial charge on any atom is -0.349 e. The van der Waals surface area contributed by atoms with Crippen LogP contribution in [0.15, 0.2) is 24.3 Å². The summed E-state index contributed by atoms with van der Waals surface area (Å²) in [5.74, 6) is -0.679. The van der Waals surface area contributed by atoms with Crippen LogP contribution >= 0.6 is 0 Å². The fourth-order valence-electron chi connectivity index (χ4n) is 0.979. The molecule has 2 nitrogen and oxygen atoms in total. The van der Waals surface area contributed by atoms with Crippen LogP contribution in [0.3, 0.4) is 0 Å². The van der Waals surface area contributed by atoms with E-state index in [2.05, 4.69) is 6.07 Å². The fourth-order valence-corrected chi connectivity index (χ4v) is 0.979. The van der Waals surface area contributed by atoms with Crippen LogP contribution < -0.4 is 0 Å². The van der Waals surface area contributed by atoms with Gasteiger partial charge in [0, 0.05) is 19.8 Å². The number of benzene rings is 1. The predicted octanol–water partition coefficient (Wildman–Crippen LogP) is 1.95. The molecule has 1 aromatic rings. The van der Waals surface area contributed by atoms with E-state index in [1.807, 2.05) is 31.2 Å². The standard InChI is InChI=1S/C10H13O2/c1-10(11-2,12-3)9-7-5-4-6-8-9/h4-7H,1-3H3. The largest absolute Gasteiger partial charge is 0.349 e. The Morgan fingerprint density at radius 1 is 1.25 bits per heavy atom. The van der Waals surface area contributed by atoms with Crippen LogP contribution in [0.25, 0.3) is 0 Å². The Kier molecular flexibility index (Phi) is 2.84. The van der Waals surface area contributed by atoms with Crippen molar-refractivity contribution in [2.75, 3.05) is 14.2 Å². The Morgan fingerprint density at radius 3 is 2.33 bits per heavy atom. The van der Waals surface area contributed by atoms with Crippen molar-refractivity contribution in [3.05, 3.63) is 35.9 Å². The van der Waals surface area contributed by atoms with Crippen LogP contribution in [-0.4, -0.2) is 14.2 Å². The molecule has 0 aliphatic heterocycles. The summed E-state index contributed by atoms with van der Waals surface area (Å²) in [5.41, 5.74) is 0.898. The van der Waals surface area contributed by atoms with Gasteiger partial charge in [0.25, 0.3) is 0 Å². The van der Waals surface area contributed by atoms with E-state index in [0.29, 0.717) is 0 Å². The SMILES string of the molecule is COC(C)(OC)c1[c]cccc1. The fraction of sp³-hybridized carbons (Fsp3) is 0.400. The Labute approximate surface area is 73.1 Å². The highest BCUT2D eigenvalue weighted by atomic mass is 16.7. The third-order valence-electron chi connectivity index (χ3n) is 1.98. The smallest absolute Gasteiger partial charge is 0.191 e. The maximum absolute atomic E-state index is 5.22. The van der Waals surface area contributed by atoms with E-state index in [-0.39, 0.29) is 0 Å². The van der Waals surface area contributed by atoms with Gasteiger partial charge in [0.2, 0.25) is 0 Å². The van der Waals surface area contributed by atoms with Crippen LogP contribution in [0.1, 0.15) is 12.5 Å².